The van der Waals surface area contributed by atoms with Crippen molar-refractivity contribution in [3.8, 4) is 17.2 Å². The molecule has 6 nitrogen and oxygen atoms in total. The summed E-state index contributed by atoms with van der Waals surface area (Å²) in [4.78, 5) is 0. The third-order valence-corrected chi connectivity index (χ3v) is 10.3. The van der Waals surface area contributed by atoms with Crippen LogP contribution in [0, 0.1) is 20.8 Å². The van der Waals surface area contributed by atoms with E-state index in [2.05, 4.69) is 119 Å². The molecule has 0 saturated carbocycles. The van der Waals surface area contributed by atoms with E-state index in [0.29, 0.717) is 19.8 Å². The summed E-state index contributed by atoms with van der Waals surface area (Å²) < 4.78 is 35.8. The smallest absolute Gasteiger partial charge is 0.126 e. The van der Waals surface area contributed by atoms with Crippen molar-refractivity contribution in [2.24, 2.45) is 0 Å². The molecule has 3 unspecified atom stereocenters. The molecule has 0 aliphatic carbocycles. The molecule has 51 heavy (non-hydrogen) atoms. The fraction of sp³-hybridized carbons (Fsp3) is 0.600. The number of hydrogen-bond acceptors (Lipinski definition) is 6. The highest BCUT2D eigenvalue weighted by Gasteiger charge is 2.31. The van der Waals surface area contributed by atoms with Crippen LogP contribution in [0.1, 0.15) is 125 Å². The van der Waals surface area contributed by atoms with Crippen LogP contribution in [0.3, 0.4) is 0 Å². The first-order chi connectivity index (χ1) is 23.9. The lowest BCUT2D eigenvalue weighted by atomic mass is 9.77. The molecule has 6 rings (SSSR count). The van der Waals surface area contributed by atoms with Crippen molar-refractivity contribution in [2.75, 3.05) is 39.6 Å². The van der Waals surface area contributed by atoms with Gasteiger partial charge >= 0.3 is 0 Å². The first-order valence-corrected chi connectivity index (χ1v) is 19.1. The molecule has 3 saturated heterocycles. The first-order valence-electron chi connectivity index (χ1n) is 19.1. The fourth-order valence-corrected chi connectivity index (χ4v) is 7.10. The van der Waals surface area contributed by atoms with Gasteiger partial charge in [0.25, 0.3) is 0 Å². The molecule has 0 spiro atoms. The molecule has 0 aromatic heterocycles. The van der Waals surface area contributed by atoms with E-state index in [4.69, 9.17) is 28.4 Å². The van der Waals surface area contributed by atoms with Gasteiger partial charge in [0, 0.05) is 22.6 Å². The zero-order valence-electron chi connectivity index (χ0n) is 33.4. The van der Waals surface area contributed by atoms with Gasteiger partial charge < -0.3 is 28.4 Å². The Kier molecular flexibility index (Phi) is 10.6. The highest BCUT2D eigenvalue weighted by atomic mass is 16.6. The number of aryl methyl sites for hydroxylation is 4. The Hall–Kier alpha value is -3.06. The van der Waals surface area contributed by atoms with Crippen LogP contribution in [0.5, 0.6) is 17.2 Å². The van der Waals surface area contributed by atoms with E-state index in [1.54, 1.807) is 0 Å². The molecular weight excluding hydrogens is 636 g/mol. The van der Waals surface area contributed by atoms with Gasteiger partial charge in [0.1, 0.15) is 55.4 Å². The summed E-state index contributed by atoms with van der Waals surface area (Å²) in [5, 5.41) is 0. The molecule has 0 amide bonds. The quantitative estimate of drug-likeness (QED) is 0.156. The van der Waals surface area contributed by atoms with E-state index < -0.39 is 0 Å². The second-order valence-electron chi connectivity index (χ2n) is 18.4. The van der Waals surface area contributed by atoms with Crippen LogP contribution >= 0.6 is 0 Å². The molecule has 3 aromatic carbocycles. The van der Waals surface area contributed by atoms with Crippen LogP contribution in [0.2, 0.25) is 0 Å². The van der Waals surface area contributed by atoms with Crippen molar-refractivity contribution in [2.45, 2.75) is 136 Å². The molecule has 0 radical (unpaired) electrons. The molecule has 0 bridgehead atoms. The van der Waals surface area contributed by atoms with E-state index in [0.717, 1.165) is 49.9 Å². The van der Waals surface area contributed by atoms with Crippen molar-refractivity contribution in [1.29, 1.82) is 0 Å². The van der Waals surface area contributed by atoms with Gasteiger partial charge in [-0.15, -0.1) is 0 Å². The Bertz CT molecular complexity index is 1620. The summed E-state index contributed by atoms with van der Waals surface area (Å²) in [5.41, 5.74) is 11.0. The summed E-state index contributed by atoms with van der Waals surface area (Å²) >= 11 is 0. The third kappa shape index (κ3) is 9.49. The minimum absolute atomic E-state index is 0.0555. The summed E-state index contributed by atoms with van der Waals surface area (Å²) in [6.45, 7) is 31.3. The molecule has 278 valence electrons. The summed E-state index contributed by atoms with van der Waals surface area (Å²) in [7, 11) is 0. The van der Waals surface area contributed by atoms with Crippen molar-refractivity contribution in [3.63, 3.8) is 0 Å². The van der Waals surface area contributed by atoms with Gasteiger partial charge in [-0.05, 0) is 83.2 Å². The molecule has 3 aliphatic rings. The van der Waals surface area contributed by atoms with E-state index in [9.17, 15) is 0 Å². The largest absolute Gasteiger partial charge is 0.490 e. The van der Waals surface area contributed by atoms with Gasteiger partial charge in [-0.2, -0.15) is 0 Å². The summed E-state index contributed by atoms with van der Waals surface area (Å²) in [6.07, 6.45) is 2.52. The lowest BCUT2D eigenvalue weighted by Gasteiger charge is -2.30. The van der Waals surface area contributed by atoms with Crippen LogP contribution < -0.4 is 14.2 Å². The Labute approximate surface area is 307 Å². The van der Waals surface area contributed by atoms with Gasteiger partial charge in [-0.25, -0.2) is 0 Å². The topological polar surface area (TPSA) is 65.3 Å². The number of hydrogen-bond donors (Lipinski definition) is 0. The maximum atomic E-state index is 6.47. The average molecular weight is 699 g/mol. The Morgan fingerprint density at radius 3 is 1.20 bits per heavy atom. The Morgan fingerprint density at radius 2 is 0.863 bits per heavy atom. The monoisotopic (exact) mass is 698 g/mol. The van der Waals surface area contributed by atoms with Crippen LogP contribution in [0.25, 0.3) is 0 Å². The molecule has 3 heterocycles. The van der Waals surface area contributed by atoms with E-state index in [-0.39, 0.29) is 40.5 Å². The molecule has 3 aromatic rings. The zero-order chi connectivity index (χ0) is 36.9. The maximum Gasteiger partial charge on any atom is 0.126 e. The van der Waals surface area contributed by atoms with Crippen molar-refractivity contribution in [3.05, 3.63) is 86.5 Å². The van der Waals surface area contributed by atoms with Crippen LogP contribution in [-0.2, 0) is 36.9 Å². The summed E-state index contributed by atoms with van der Waals surface area (Å²) in [6, 6.07) is 14.3. The molecule has 3 fully saturated rings. The normalized spacial score (nSPS) is 20.6. The zero-order valence-corrected chi connectivity index (χ0v) is 33.4. The number of ether oxygens (including phenoxy) is 6. The average Bonchev–Trinajstić information content (AvgIpc) is 3.87. The summed E-state index contributed by atoms with van der Waals surface area (Å²) in [5.74, 6) is 3.16. The molecule has 6 heteroatoms. The molecule has 0 N–H and O–H groups in total. The minimum Gasteiger partial charge on any atom is -0.490 e. The highest BCUT2D eigenvalue weighted by molar-refractivity contribution is 5.54. The minimum atomic E-state index is -0.0970. The maximum absolute atomic E-state index is 6.47. The number of rotatable bonds is 14. The van der Waals surface area contributed by atoms with E-state index in [1.165, 1.54) is 50.1 Å². The lowest BCUT2D eigenvalue weighted by Crippen LogP contribution is -2.19. The standard InChI is InChI=1S/C45H62O6/c1-27-15-30(18-37(43(4,5)6)40(27)49-24-33-21-46-33)13-14-36(31-16-28(2)41(50-25-34-22-47-34)38(19-31)44(7,8)9)32-17-29(3)42(51-26-35-23-48-35)39(20-32)45(10,11)12/h15-20,33-36H,13-14,21-26H2,1-12H3. The molecular formula is C45H62O6. The third-order valence-electron chi connectivity index (χ3n) is 10.3. The predicted octanol–water partition coefficient (Wildman–Crippen LogP) is 9.60. The predicted molar refractivity (Wildman–Crippen MR) is 206 cm³/mol. The molecule has 3 atom stereocenters. The van der Waals surface area contributed by atoms with Gasteiger partial charge in [-0.3, -0.25) is 0 Å². The van der Waals surface area contributed by atoms with Crippen LogP contribution in [0.15, 0.2) is 36.4 Å². The number of benzene rings is 3. The van der Waals surface area contributed by atoms with E-state index >= 15 is 0 Å². The van der Waals surface area contributed by atoms with Gasteiger partial charge in [0.2, 0.25) is 0 Å². The van der Waals surface area contributed by atoms with Crippen molar-refractivity contribution >= 4 is 0 Å². The lowest BCUT2D eigenvalue weighted by molar-refractivity contribution is 0.256. The van der Waals surface area contributed by atoms with Crippen molar-refractivity contribution in [1.82, 2.24) is 0 Å². The second kappa shape index (κ2) is 14.4. The molecule has 3 aliphatic heterocycles. The Morgan fingerprint density at radius 1 is 0.529 bits per heavy atom. The van der Waals surface area contributed by atoms with E-state index in [1.807, 2.05) is 0 Å². The SMILES string of the molecule is Cc1cc(CCC(c2cc(C)c(OCC3CO3)c(C(C)(C)C)c2)c2cc(C)c(OCC3CO3)c(C(C)(C)C)c2)cc(C(C)(C)C)c1OCC1CO1. The van der Waals surface area contributed by atoms with Crippen LogP contribution in [-0.4, -0.2) is 58.0 Å². The Balaban J connectivity index is 1.42. The van der Waals surface area contributed by atoms with Crippen molar-refractivity contribution < 1.29 is 28.4 Å². The van der Waals surface area contributed by atoms with Gasteiger partial charge in [0.05, 0.1) is 19.8 Å². The second-order valence-corrected chi connectivity index (χ2v) is 18.4. The highest BCUT2D eigenvalue weighted by Crippen LogP contribution is 2.44. The number of epoxide rings is 3. The van der Waals surface area contributed by atoms with Crippen LogP contribution in [0.4, 0.5) is 0 Å². The van der Waals surface area contributed by atoms with Gasteiger partial charge in [-0.1, -0.05) is 98.7 Å². The fourth-order valence-electron chi connectivity index (χ4n) is 7.10. The first kappa shape index (κ1) is 37.7. The van der Waals surface area contributed by atoms with Gasteiger partial charge in [0.15, 0.2) is 0 Å².